The largest absolute Gasteiger partial charge is 0.372 e. The van der Waals surface area contributed by atoms with Gasteiger partial charge in [-0.3, -0.25) is 0 Å². The van der Waals surface area contributed by atoms with Crippen molar-refractivity contribution in [3.05, 3.63) is 24.0 Å². The molecule has 0 spiro atoms. The summed E-state index contributed by atoms with van der Waals surface area (Å²) in [7, 11) is 2.00. The molecule has 0 aliphatic carbocycles. The predicted molar refractivity (Wildman–Crippen MR) is 87.2 cm³/mol. The third-order valence-corrected chi connectivity index (χ3v) is 4.54. The van der Waals surface area contributed by atoms with E-state index >= 15 is 0 Å². The van der Waals surface area contributed by atoms with Gasteiger partial charge in [0.05, 0.1) is 18.2 Å². The second-order valence-corrected chi connectivity index (χ2v) is 7.58. The van der Waals surface area contributed by atoms with Gasteiger partial charge >= 0.3 is 0 Å². The Bertz CT molecular complexity index is 630. The highest BCUT2D eigenvalue weighted by atomic mass is 32.1. The number of aryl methyl sites for hydroxylation is 1. The van der Waals surface area contributed by atoms with Crippen molar-refractivity contribution in [2.75, 3.05) is 11.9 Å². The molecule has 3 rings (SSSR count). The maximum Gasteiger partial charge on any atom is 0.202 e. The van der Waals surface area contributed by atoms with Crippen LogP contribution >= 0.6 is 11.5 Å². The first kappa shape index (κ1) is 15.4. The van der Waals surface area contributed by atoms with Crippen molar-refractivity contribution in [2.45, 2.75) is 51.2 Å². The smallest absolute Gasteiger partial charge is 0.202 e. The molecule has 0 bridgehead atoms. The molecule has 1 saturated heterocycles. The van der Waals surface area contributed by atoms with E-state index in [1.807, 2.05) is 24.1 Å². The third kappa shape index (κ3) is 3.30. The van der Waals surface area contributed by atoms with E-state index in [2.05, 4.69) is 40.4 Å². The Hall–Kier alpha value is -1.47. The minimum atomic E-state index is -0.0106. The number of nitrogens with zero attached hydrogens (tertiary/aromatic N) is 4. The van der Waals surface area contributed by atoms with Gasteiger partial charge in [0.25, 0.3) is 0 Å². The number of hydrogen-bond acceptors (Lipinski definition) is 6. The van der Waals surface area contributed by atoms with E-state index in [0.29, 0.717) is 6.04 Å². The fourth-order valence-electron chi connectivity index (χ4n) is 2.57. The molecule has 1 fully saturated rings. The van der Waals surface area contributed by atoms with Crippen molar-refractivity contribution in [3.8, 4) is 0 Å². The maximum atomic E-state index is 5.90. The van der Waals surface area contributed by atoms with Gasteiger partial charge < -0.3 is 14.6 Å². The van der Waals surface area contributed by atoms with Crippen molar-refractivity contribution in [1.82, 2.24) is 18.9 Å². The fourth-order valence-corrected chi connectivity index (χ4v) is 3.41. The number of ether oxygens (including phenoxy) is 1. The number of nitrogens with one attached hydrogen (secondary N) is 1. The molecule has 2 atom stereocenters. The molecule has 6 nitrogen and oxygen atoms in total. The highest BCUT2D eigenvalue weighted by molar-refractivity contribution is 7.09. The van der Waals surface area contributed by atoms with Crippen LogP contribution in [0.3, 0.4) is 0 Å². The van der Waals surface area contributed by atoms with Crippen LogP contribution in [0.4, 0.5) is 5.13 Å². The summed E-state index contributed by atoms with van der Waals surface area (Å²) in [5.74, 6) is 0.898. The molecule has 1 aliphatic rings. The lowest BCUT2D eigenvalue weighted by Crippen LogP contribution is -2.30. The maximum absolute atomic E-state index is 5.90. The summed E-state index contributed by atoms with van der Waals surface area (Å²) in [6.45, 7) is 7.14. The van der Waals surface area contributed by atoms with Gasteiger partial charge in [0, 0.05) is 36.6 Å². The molecular weight excluding hydrogens is 298 g/mol. The predicted octanol–water partition coefficient (Wildman–Crippen LogP) is 2.90. The second kappa shape index (κ2) is 5.96. The van der Waals surface area contributed by atoms with Crippen molar-refractivity contribution >= 4 is 16.7 Å². The van der Waals surface area contributed by atoms with E-state index in [1.54, 1.807) is 0 Å². The first-order valence-electron chi connectivity index (χ1n) is 7.62. The quantitative estimate of drug-likeness (QED) is 0.941. The van der Waals surface area contributed by atoms with Crippen LogP contribution in [0.15, 0.2) is 12.5 Å². The lowest BCUT2D eigenvalue weighted by atomic mass is 9.96. The van der Waals surface area contributed by atoms with Crippen LogP contribution in [-0.4, -0.2) is 31.6 Å². The highest BCUT2D eigenvalue weighted by Crippen LogP contribution is 2.30. The van der Waals surface area contributed by atoms with Crippen molar-refractivity contribution in [2.24, 2.45) is 7.05 Å². The Morgan fingerprint density at radius 3 is 2.86 bits per heavy atom. The molecule has 1 N–H and O–H groups in total. The number of anilines is 1. The van der Waals surface area contributed by atoms with Gasteiger partial charge in [0.2, 0.25) is 5.13 Å². The zero-order valence-corrected chi connectivity index (χ0v) is 14.4. The molecule has 22 heavy (non-hydrogen) atoms. The lowest BCUT2D eigenvalue weighted by Gasteiger charge is -2.30. The van der Waals surface area contributed by atoms with Crippen LogP contribution in [0.25, 0.3) is 0 Å². The number of aromatic nitrogens is 4. The number of rotatable bonds is 3. The fraction of sp³-hybridized carbons (Fsp3) is 0.667. The van der Waals surface area contributed by atoms with Crippen molar-refractivity contribution in [1.29, 1.82) is 0 Å². The van der Waals surface area contributed by atoms with Gasteiger partial charge in [-0.2, -0.15) is 4.37 Å². The average molecular weight is 321 g/mol. The molecule has 120 valence electrons. The molecule has 2 aromatic rings. The molecule has 0 aromatic carbocycles. The third-order valence-electron chi connectivity index (χ3n) is 3.89. The monoisotopic (exact) mass is 321 g/mol. The summed E-state index contributed by atoms with van der Waals surface area (Å²) in [6.07, 6.45) is 5.70. The molecule has 3 heterocycles. The molecule has 1 aliphatic heterocycles. The zero-order valence-electron chi connectivity index (χ0n) is 13.5. The average Bonchev–Trinajstić information content (AvgIpc) is 3.07. The first-order valence-corrected chi connectivity index (χ1v) is 8.39. The van der Waals surface area contributed by atoms with Crippen LogP contribution in [0, 0.1) is 0 Å². The van der Waals surface area contributed by atoms with Gasteiger partial charge in [0.15, 0.2) is 0 Å². The van der Waals surface area contributed by atoms with E-state index in [4.69, 9.17) is 4.74 Å². The topological polar surface area (TPSA) is 64.9 Å². The zero-order chi connectivity index (χ0) is 15.7. The molecule has 2 unspecified atom stereocenters. The normalized spacial score (nSPS) is 22.7. The summed E-state index contributed by atoms with van der Waals surface area (Å²) in [5, 5.41) is 4.42. The van der Waals surface area contributed by atoms with Gasteiger partial charge in [-0.15, -0.1) is 0 Å². The van der Waals surface area contributed by atoms with Gasteiger partial charge in [-0.1, -0.05) is 20.8 Å². The van der Waals surface area contributed by atoms with Crippen LogP contribution in [0.5, 0.6) is 0 Å². The minimum absolute atomic E-state index is 0.0106. The lowest BCUT2D eigenvalue weighted by molar-refractivity contribution is 0.00559. The van der Waals surface area contributed by atoms with E-state index in [9.17, 15) is 0 Å². The highest BCUT2D eigenvalue weighted by Gasteiger charge is 2.27. The summed E-state index contributed by atoms with van der Waals surface area (Å²) in [5.41, 5.74) is 1.11. The SMILES string of the molecule is Cn1cncc1C1CC(Nc2nc(C(C)(C)C)ns2)CCO1. The molecule has 0 amide bonds. The Morgan fingerprint density at radius 1 is 1.41 bits per heavy atom. The molecule has 2 aromatic heterocycles. The van der Waals surface area contributed by atoms with E-state index < -0.39 is 0 Å². The second-order valence-electron chi connectivity index (χ2n) is 6.83. The Balaban J connectivity index is 1.66. The minimum Gasteiger partial charge on any atom is -0.372 e. The van der Waals surface area contributed by atoms with E-state index in [1.165, 1.54) is 11.5 Å². The first-order chi connectivity index (χ1) is 10.4. The number of imidazole rings is 1. The Labute approximate surface area is 135 Å². The van der Waals surface area contributed by atoms with Gasteiger partial charge in [-0.25, -0.2) is 9.97 Å². The molecule has 0 radical (unpaired) electrons. The van der Waals surface area contributed by atoms with Crippen LogP contribution in [0.1, 0.15) is 51.2 Å². The van der Waals surface area contributed by atoms with Crippen LogP contribution in [0.2, 0.25) is 0 Å². The van der Waals surface area contributed by atoms with Gasteiger partial charge in [-0.05, 0) is 12.8 Å². The standard InChI is InChI=1S/C15H23N5OS/c1-15(2,3)13-18-14(22-19-13)17-10-5-6-21-12(7-10)11-8-16-9-20(11)4/h8-10,12H,5-7H2,1-4H3,(H,17,18,19). The van der Waals surface area contributed by atoms with Crippen molar-refractivity contribution < 1.29 is 4.74 Å². The van der Waals surface area contributed by atoms with Crippen LogP contribution in [-0.2, 0) is 17.2 Å². The van der Waals surface area contributed by atoms with E-state index in [-0.39, 0.29) is 11.5 Å². The van der Waals surface area contributed by atoms with Crippen molar-refractivity contribution in [3.63, 3.8) is 0 Å². The Morgan fingerprint density at radius 2 is 2.23 bits per heavy atom. The molecular formula is C15H23N5OS. The summed E-state index contributed by atoms with van der Waals surface area (Å²) in [4.78, 5) is 8.80. The van der Waals surface area contributed by atoms with E-state index in [0.717, 1.165) is 36.1 Å². The summed E-state index contributed by atoms with van der Waals surface area (Å²) < 4.78 is 12.4. The number of hydrogen-bond donors (Lipinski definition) is 1. The van der Waals surface area contributed by atoms with Gasteiger partial charge in [0.1, 0.15) is 11.9 Å². The van der Waals surface area contributed by atoms with Crippen LogP contribution < -0.4 is 5.32 Å². The molecule has 7 heteroatoms. The summed E-state index contributed by atoms with van der Waals surface area (Å²) in [6, 6.07) is 0.356. The molecule has 0 saturated carbocycles. The Kier molecular flexibility index (Phi) is 4.18. The summed E-state index contributed by atoms with van der Waals surface area (Å²) >= 11 is 1.44.